The van der Waals surface area contributed by atoms with Gasteiger partial charge in [0.2, 0.25) is 0 Å². The first-order valence-electron chi connectivity index (χ1n) is 6.10. The number of halogens is 1. The Hall–Kier alpha value is -1.09. The lowest BCUT2D eigenvalue weighted by Gasteiger charge is -2.22. The van der Waals surface area contributed by atoms with Crippen molar-refractivity contribution < 1.29 is 4.39 Å². The SMILES string of the molecule is Fc1ccccc1NC1CCN2CCCC12. The van der Waals surface area contributed by atoms with Crippen molar-refractivity contribution in [2.75, 3.05) is 18.4 Å². The van der Waals surface area contributed by atoms with Crippen LogP contribution < -0.4 is 5.32 Å². The van der Waals surface area contributed by atoms with Crippen molar-refractivity contribution in [3.05, 3.63) is 30.1 Å². The van der Waals surface area contributed by atoms with Gasteiger partial charge in [-0.05, 0) is 37.9 Å². The zero-order valence-corrected chi connectivity index (χ0v) is 9.32. The highest BCUT2D eigenvalue weighted by Gasteiger charge is 2.37. The molecule has 2 fully saturated rings. The summed E-state index contributed by atoms with van der Waals surface area (Å²) in [5.74, 6) is -0.140. The molecule has 0 amide bonds. The zero-order valence-electron chi connectivity index (χ0n) is 9.32. The van der Waals surface area contributed by atoms with E-state index in [0.717, 1.165) is 13.0 Å². The molecule has 2 heterocycles. The lowest BCUT2D eigenvalue weighted by atomic mass is 10.1. The quantitative estimate of drug-likeness (QED) is 0.823. The van der Waals surface area contributed by atoms with Crippen molar-refractivity contribution in [2.24, 2.45) is 0 Å². The molecule has 0 bridgehead atoms. The largest absolute Gasteiger partial charge is 0.378 e. The molecule has 2 saturated heterocycles. The number of nitrogens with zero attached hydrogens (tertiary/aromatic N) is 1. The van der Waals surface area contributed by atoms with Crippen LogP contribution in [0.4, 0.5) is 10.1 Å². The maximum atomic E-state index is 13.5. The molecule has 3 heteroatoms. The predicted molar refractivity (Wildman–Crippen MR) is 63.0 cm³/mol. The average Bonchev–Trinajstić information content (AvgIpc) is 2.86. The fraction of sp³-hybridized carbons (Fsp3) is 0.538. The number of para-hydroxylation sites is 1. The van der Waals surface area contributed by atoms with Crippen LogP contribution in [0.3, 0.4) is 0 Å². The average molecular weight is 220 g/mol. The predicted octanol–water partition coefficient (Wildman–Crippen LogP) is 2.47. The van der Waals surface area contributed by atoms with Crippen LogP contribution in [0.1, 0.15) is 19.3 Å². The van der Waals surface area contributed by atoms with Crippen LogP contribution in [0.5, 0.6) is 0 Å². The van der Waals surface area contributed by atoms with Crippen LogP contribution in [-0.2, 0) is 0 Å². The number of hydrogen-bond acceptors (Lipinski definition) is 2. The second-order valence-corrected chi connectivity index (χ2v) is 4.76. The Morgan fingerprint density at radius 2 is 2.06 bits per heavy atom. The van der Waals surface area contributed by atoms with Gasteiger partial charge in [-0.25, -0.2) is 4.39 Å². The summed E-state index contributed by atoms with van der Waals surface area (Å²) in [7, 11) is 0. The van der Waals surface area contributed by atoms with Gasteiger partial charge in [-0.1, -0.05) is 12.1 Å². The number of anilines is 1. The number of hydrogen-bond donors (Lipinski definition) is 1. The summed E-state index contributed by atoms with van der Waals surface area (Å²) in [5.41, 5.74) is 0.654. The Morgan fingerprint density at radius 1 is 1.19 bits per heavy atom. The smallest absolute Gasteiger partial charge is 0.146 e. The molecule has 16 heavy (non-hydrogen) atoms. The second kappa shape index (κ2) is 4.06. The first-order chi connectivity index (χ1) is 7.84. The molecular formula is C13H17FN2. The van der Waals surface area contributed by atoms with Gasteiger partial charge in [0.25, 0.3) is 0 Å². The van der Waals surface area contributed by atoms with Crippen molar-refractivity contribution >= 4 is 5.69 Å². The number of nitrogens with one attached hydrogen (secondary N) is 1. The molecule has 2 unspecified atom stereocenters. The van der Waals surface area contributed by atoms with Gasteiger partial charge in [-0.2, -0.15) is 0 Å². The minimum Gasteiger partial charge on any atom is -0.378 e. The van der Waals surface area contributed by atoms with Crippen LogP contribution in [0.25, 0.3) is 0 Å². The molecule has 1 aromatic rings. The highest BCUT2D eigenvalue weighted by Crippen LogP contribution is 2.30. The molecule has 2 atom stereocenters. The van der Waals surface area contributed by atoms with Crippen molar-refractivity contribution in [3.63, 3.8) is 0 Å². The minimum absolute atomic E-state index is 0.140. The van der Waals surface area contributed by atoms with Crippen LogP contribution in [0.2, 0.25) is 0 Å². The highest BCUT2D eigenvalue weighted by atomic mass is 19.1. The molecule has 86 valence electrons. The van der Waals surface area contributed by atoms with E-state index in [-0.39, 0.29) is 5.82 Å². The Bertz CT molecular complexity index is 380. The second-order valence-electron chi connectivity index (χ2n) is 4.76. The molecule has 2 aliphatic rings. The Labute approximate surface area is 95.4 Å². The highest BCUT2D eigenvalue weighted by molar-refractivity contribution is 5.45. The maximum absolute atomic E-state index is 13.5. The van der Waals surface area contributed by atoms with E-state index in [1.54, 1.807) is 6.07 Å². The van der Waals surface area contributed by atoms with Gasteiger partial charge in [0.15, 0.2) is 0 Å². The van der Waals surface area contributed by atoms with Crippen molar-refractivity contribution in [1.29, 1.82) is 0 Å². The Kier molecular flexibility index (Phi) is 2.56. The summed E-state index contributed by atoms with van der Waals surface area (Å²) in [6.07, 6.45) is 3.69. The lowest BCUT2D eigenvalue weighted by molar-refractivity contribution is 0.318. The van der Waals surface area contributed by atoms with Gasteiger partial charge < -0.3 is 5.32 Å². The minimum atomic E-state index is -0.140. The topological polar surface area (TPSA) is 15.3 Å². The number of benzene rings is 1. The molecule has 0 spiro atoms. The molecule has 0 aromatic heterocycles. The molecule has 3 rings (SSSR count). The molecule has 1 N–H and O–H groups in total. The van der Waals surface area contributed by atoms with Gasteiger partial charge in [0.05, 0.1) is 5.69 Å². The summed E-state index contributed by atoms with van der Waals surface area (Å²) in [5, 5.41) is 3.36. The molecule has 2 nitrogen and oxygen atoms in total. The van der Waals surface area contributed by atoms with Crippen LogP contribution >= 0.6 is 0 Å². The molecular weight excluding hydrogens is 203 g/mol. The summed E-state index contributed by atoms with van der Waals surface area (Å²) >= 11 is 0. The van der Waals surface area contributed by atoms with E-state index < -0.39 is 0 Å². The van der Waals surface area contributed by atoms with Gasteiger partial charge in [0, 0.05) is 18.6 Å². The first-order valence-corrected chi connectivity index (χ1v) is 6.10. The third-order valence-corrected chi connectivity index (χ3v) is 3.82. The van der Waals surface area contributed by atoms with Crippen LogP contribution in [-0.4, -0.2) is 30.1 Å². The van der Waals surface area contributed by atoms with E-state index in [1.807, 2.05) is 12.1 Å². The summed E-state index contributed by atoms with van der Waals surface area (Å²) in [4.78, 5) is 2.53. The fourth-order valence-corrected chi connectivity index (χ4v) is 3.03. The van der Waals surface area contributed by atoms with E-state index in [1.165, 1.54) is 25.5 Å². The monoisotopic (exact) mass is 220 g/mol. The fourth-order valence-electron chi connectivity index (χ4n) is 3.03. The van der Waals surface area contributed by atoms with E-state index in [4.69, 9.17) is 0 Å². The van der Waals surface area contributed by atoms with Gasteiger partial charge in [-0.15, -0.1) is 0 Å². The lowest BCUT2D eigenvalue weighted by Crippen LogP contribution is -2.33. The molecule has 0 aliphatic carbocycles. The summed E-state index contributed by atoms with van der Waals surface area (Å²) < 4.78 is 13.5. The van der Waals surface area contributed by atoms with Gasteiger partial charge >= 0.3 is 0 Å². The number of fused-ring (bicyclic) bond motifs is 1. The standard InChI is InChI=1S/C13H17FN2/c14-10-4-1-2-5-11(10)15-12-7-9-16-8-3-6-13(12)16/h1-2,4-5,12-13,15H,3,6-9H2. The molecule has 0 radical (unpaired) electrons. The van der Waals surface area contributed by atoms with E-state index in [0.29, 0.717) is 17.8 Å². The maximum Gasteiger partial charge on any atom is 0.146 e. The number of rotatable bonds is 2. The first kappa shape index (κ1) is 10.1. The Morgan fingerprint density at radius 3 is 2.94 bits per heavy atom. The Balaban J connectivity index is 1.73. The molecule has 2 aliphatic heterocycles. The molecule has 1 aromatic carbocycles. The van der Waals surface area contributed by atoms with E-state index in [9.17, 15) is 4.39 Å². The van der Waals surface area contributed by atoms with E-state index in [2.05, 4.69) is 10.2 Å². The summed E-state index contributed by atoms with van der Waals surface area (Å²) in [6.45, 7) is 2.39. The third-order valence-electron chi connectivity index (χ3n) is 3.82. The van der Waals surface area contributed by atoms with Gasteiger partial charge in [-0.3, -0.25) is 4.90 Å². The van der Waals surface area contributed by atoms with Crippen molar-refractivity contribution in [2.45, 2.75) is 31.3 Å². The summed E-state index contributed by atoms with van der Waals surface area (Å²) in [6, 6.07) is 8.01. The van der Waals surface area contributed by atoms with Crippen LogP contribution in [0.15, 0.2) is 24.3 Å². The molecule has 0 saturated carbocycles. The normalized spacial score (nSPS) is 29.3. The van der Waals surface area contributed by atoms with Crippen molar-refractivity contribution in [3.8, 4) is 0 Å². The van der Waals surface area contributed by atoms with Crippen LogP contribution in [0, 0.1) is 5.82 Å². The zero-order chi connectivity index (χ0) is 11.0. The van der Waals surface area contributed by atoms with E-state index >= 15 is 0 Å². The third kappa shape index (κ3) is 1.69. The van der Waals surface area contributed by atoms with Crippen molar-refractivity contribution in [1.82, 2.24) is 4.90 Å². The van der Waals surface area contributed by atoms with Gasteiger partial charge in [0.1, 0.15) is 5.82 Å².